The summed E-state index contributed by atoms with van der Waals surface area (Å²) < 4.78 is 26.1. The molecule has 1 aliphatic heterocycles. The molecule has 17 heteroatoms. The van der Waals surface area contributed by atoms with E-state index in [1.54, 1.807) is 23.3 Å². The van der Waals surface area contributed by atoms with E-state index in [9.17, 15) is 19.2 Å². The van der Waals surface area contributed by atoms with Crippen molar-refractivity contribution in [3.05, 3.63) is 65.5 Å². The van der Waals surface area contributed by atoms with E-state index >= 15 is 0 Å². The number of aryl methyl sites for hydroxylation is 1. The van der Waals surface area contributed by atoms with Crippen LogP contribution in [0.5, 0.6) is 0 Å². The maximum atomic E-state index is 12.9. The molecule has 1 saturated carbocycles. The van der Waals surface area contributed by atoms with Gasteiger partial charge in [0.05, 0.1) is 69.7 Å². The van der Waals surface area contributed by atoms with Crippen LogP contribution in [-0.2, 0) is 43.1 Å². The number of aromatic amines is 1. The Kier molecular flexibility index (Phi) is 13.4. The van der Waals surface area contributed by atoms with Crippen molar-refractivity contribution >= 4 is 35.3 Å². The number of alkyl carbamates (subject to hydrolysis) is 1. The molecule has 6 rings (SSSR count). The van der Waals surface area contributed by atoms with Gasteiger partial charge in [-0.25, -0.2) is 14.6 Å². The zero-order valence-electron chi connectivity index (χ0n) is 30.8. The van der Waals surface area contributed by atoms with Crippen LogP contribution in [0.3, 0.4) is 0 Å². The van der Waals surface area contributed by atoms with E-state index in [0.717, 1.165) is 48.3 Å². The lowest BCUT2D eigenvalue weighted by Crippen LogP contribution is -2.50. The summed E-state index contributed by atoms with van der Waals surface area (Å²) in [4.78, 5) is 54.7. The van der Waals surface area contributed by atoms with Gasteiger partial charge in [0.15, 0.2) is 5.78 Å². The van der Waals surface area contributed by atoms with Gasteiger partial charge in [-0.2, -0.15) is 10.2 Å². The summed E-state index contributed by atoms with van der Waals surface area (Å²) in [5.41, 5.74) is 3.97. The molecular formula is C37H49N9O8. The van der Waals surface area contributed by atoms with Crippen molar-refractivity contribution in [1.29, 1.82) is 0 Å². The summed E-state index contributed by atoms with van der Waals surface area (Å²) in [6.45, 7) is 7.41. The minimum absolute atomic E-state index is 0.0263. The molecule has 0 unspecified atom stereocenters. The van der Waals surface area contributed by atoms with Crippen molar-refractivity contribution in [2.75, 3.05) is 51.1 Å². The Morgan fingerprint density at radius 1 is 1.04 bits per heavy atom. The van der Waals surface area contributed by atoms with Gasteiger partial charge in [-0.05, 0) is 63.6 Å². The van der Waals surface area contributed by atoms with Crippen LogP contribution < -0.4 is 15.5 Å². The number of H-pyrrole nitrogens is 1. The third-order valence-electron chi connectivity index (χ3n) is 9.31. The number of Topliss-reactive ketones (excluding diaryl/α,β-unsaturated/α-hetero) is 1. The number of ketones is 1. The van der Waals surface area contributed by atoms with E-state index in [1.165, 1.54) is 4.90 Å². The summed E-state index contributed by atoms with van der Waals surface area (Å²) >= 11 is 0. The van der Waals surface area contributed by atoms with Gasteiger partial charge in [-0.3, -0.25) is 34.0 Å². The number of pyridine rings is 1. The molecule has 1 saturated heterocycles. The molecule has 0 aromatic carbocycles. The first kappa shape index (κ1) is 38.6. The highest BCUT2D eigenvalue weighted by atomic mass is 16.6. The highest BCUT2D eigenvalue weighted by Crippen LogP contribution is 2.35. The van der Waals surface area contributed by atoms with Crippen LogP contribution in [0.1, 0.15) is 79.2 Å². The molecule has 290 valence electrons. The van der Waals surface area contributed by atoms with Crippen molar-refractivity contribution in [1.82, 2.24) is 40.0 Å². The number of rotatable bonds is 20. The number of hydrogen-bond acceptors (Lipinski definition) is 11. The number of ether oxygens (including phenoxy) is 4. The highest BCUT2D eigenvalue weighted by molar-refractivity contribution is 6.05. The molecule has 3 N–H and O–H groups in total. The van der Waals surface area contributed by atoms with E-state index < -0.39 is 6.03 Å². The van der Waals surface area contributed by atoms with Crippen molar-refractivity contribution in [3.63, 3.8) is 0 Å². The van der Waals surface area contributed by atoms with Crippen molar-refractivity contribution in [2.24, 2.45) is 0 Å². The second kappa shape index (κ2) is 18.8. The Balaban J connectivity index is 0.794. The first-order chi connectivity index (χ1) is 26.2. The van der Waals surface area contributed by atoms with Crippen molar-refractivity contribution in [2.45, 2.75) is 83.4 Å². The predicted molar refractivity (Wildman–Crippen MR) is 195 cm³/mol. The number of carbonyl (C=O) groups is 4. The molecule has 2 fully saturated rings. The van der Waals surface area contributed by atoms with Crippen molar-refractivity contribution < 1.29 is 38.1 Å². The second-order valence-electron chi connectivity index (χ2n) is 13.8. The van der Waals surface area contributed by atoms with Crippen LogP contribution in [0.2, 0.25) is 0 Å². The largest absolute Gasteiger partial charge is 0.446 e. The Hall–Kier alpha value is -5.13. The van der Waals surface area contributed by atoms with E-state index in [1.807, 2.05) is 42.6 Å². The van der Waals surface area contributed by atoms with E-state index in [2.05, 4.69) is 30.9 Å². The quantitative estimate of drug-likeness (QED) is 0.0883. The third-order valence-corrected chi connectivity index (χ3v) is 9.31. The lowest BCUT2D eigenvalue weighted by molar-refractivity contribution is -0.120. The molecule has 1 aliphatic carbocycles. The molecule has 54 heavy (non-hydrogen) atoms. The Labute approximate surface area is 313 Å². The number of fused-ring (bicyclic) bond motifs is 1. The van der Waals surface area contributed by atoms with Gasteiger partial charge in [0, 0.05) is 49.6 Å². The molecule has 0 spiro atoms. The van der Waals surface area contributed by atoms with Gasteiger partial charge in [-0.15, -0.1) is 0 Å². The Bertz CT molecular complexity index is 1880. The number of carbonyl (C=O) groups excluding carboxylic acids is 4. The Morgan fingerprint density at radius 2 is 1.83 bits per heavy atom. The molecule has 4 aromatic heterocycles. The molecule has 5 heterocycles. The number of hydrogen-bond donors (Lipinski definition) is 3. The normalized spacial score (nSPS) is 17.4. The van der Waals surface area contributed by atoms with Crippen LogP contribution in [0.15, 0.2) is 43.0 Å². The lowest BCUT2D eigenvalue weighted by atomic mass is 10.0. The maximum Gasteiger partial charge on any atom is 0.407 e. The number of imide groups is 1. The average molecular weight is 748 g/mol. The summed E-state index contributed by atoms with van der Waals surface area (Å²) in [7, 11) is 0. The van der Waals surface area contributed by atoms with Crippen molar-refractivity contribution in [3.8, 4) is 0 Å². The van der Waals surface area contributed by atoms with Crippen LogP contribution in [0.4, 0.5) is 15.4 Å². The minimum atomic E-state index is -0.436. The van der Waals surface area contributed by atoms with Gasteiger partial charge in [-0.1, -0.05) is 6.07 Å². The molecule has 2 atom stereocenters. The number of amides is 4. The predicted octanol–water partition coefficient (Wildman–Crippen LogP) is 3.58. The van der Waals surface area contributed by atoms with Crippen LogP contribution >= 0.6 is 0 Å². The monoisotopic (exact) mass is 747 g/mol. The third kappa shape index (κ3) is 10.5. The zero-order valence-corrected chi connectivity index (χ0v) is 30.8. The highest BCUT2D eigenvalue weighted by Gasteiger charge is 2.31. The van der Waals surface area contributed by atoms with Crippen LogP contribution in [0.25, 0.3) is 5.65 Å². The van der Waals surface area contributed by atoms with Crippen LogP contribution in [0, 0.1) is 0 Å². The number of imidazole rings is 1. The molecule has 4 aromatic rings. The molecule has 0 radical (unpaired) electrons. The zero-order chi connectivity index (χ0) is 37.9. The number of nitrogens with zero attached hydrogens (tertiary/aromatic N) is 6. The van der Waals surface area contributed by atoms with Gasteiger partial charge in [0.1, 0.15) is 17.6 Å². The molecule has 2 aliphatic rings. The second-order valence-corrected chi connectivity index (χ2v) is 13.8. The van der Waals surface area contributed by atoms with Gasteiger partial charge in [0.25, 0.3) is 0 Å². The topological polar surface area (TPSA) is 196 Å². The summed E-state index contributed by atoms with van der Waals surface area (Å²) in [5, 5.41) is 16.8. The van der Waals surface area contributed by atoms with Gasteiger partial charge >= 0.3 is 12.1 Å². The number of aromatic nitrogens is 6. The summed E-state index contributed by atoms with van der Waals surface area (Å²) in [6.07, 6.45) is 10.7. The molecule has 0 bridgehead atoms. The SMILES string of the molecule is CC(C)NC(=O)O[C@@H]1CC[C@H](c2cc(CC(=O)c3cnn(CCOCCOCCOCCCc4cccn5c(N6CCC(=O)NC6=O)cnc45)c3)[nH]n2)C1. The summed E-state index contributed by atoms with van der Waals surface area (Å²) in [6, 6.07) is 5.46. The molecule has 17 nitrogen and oxygen atoms in total. The fourth-order valence-electron chi connectivity index (χ4n) is 6.62. The maximum absolute atomic E-state index is 12.9. The molecule has 4 amide bonds. The number of anilines is 1. The lowest BCUT2D eigenvalue weighted by Gasteiger charge is -2.25. The van der Waals surface area contributed by atoms with Gasteiger partial charge < -0.3 is 24.3 Å². The van der Waals surface area contributed by atoms with Crippen LogP contribution in [-0.4, -0.2) is 112 Å². The standard InChI is InChI=1S/C37H49N9O8/c1-25(2)40-37(50)54-30-8-7-27(19-30)31-20-29(42-43-31)21-32(47)28-22-39-44(24-28)12-14-52-16-18-53-17-15-51-13-4-6-26-5-3-10-45-34(23-38-35(26)45)46-11-9-33(48)41-36(46)49/h3,5,10,20,22-25,27,30H,4,6-9,11-19,21H2,1-2H3,(H,40,50)(H,42,43)(H,41,48,49)/t27-,30+/m0/s1. The number of nitrogens with one attached hydrogen (secondary N) is 3. The minimum Gasteiger partial charge on any atom is -0.446 e. The smallest absolute Gasteiger partial charge is 0.407 e. The van der Waals surface area contributed by atoms with E-state index in [4.69, 9.17) is 18.9 Å². The average Bonchev–Trinajstić information content (AvgIpc) is 3.96. The fraction of sp³-hybridized carbons (Fsp3) is 0.541. The van der Waals surface area contributed by atoms with E-state index in [0.29, 0.717) is 70.5 Å². The Morgan fingerprint density at radius 3 is 2.63 bits per heavy atom. The molecular weight excluding hydrogens is 698 g/mol. The number of urea groups is 1. The van der Waals surface area contributed by atoms with Gasteiger partial charge in [0.2, 0.25) is 5.91 Å². The summed E-state index contributed by atoms with van der Waals surface area (Å²) in [5.74, 6) is 0.485. The fourth-order valence-corrected chi connectivity index (χ4v) is 6.62. The first-order valence-electron chi connectivity index (χ1n) is 18.6. The van der Waals surface area contributed by atoms with E-state index in [-0.39, 0.29) is 48.7 Å². The first-order valence-corrected chi connectivity index (χ1v) is 18.6.